The first-order valence-electron chi connectivity index (χ1n) is 8.06. The van der Waals surface area contributed by atoms with Gasteiger partial charge < -0.3 is 14.8 Å². The van der Waals surface area contributed by atoms with Crippen LogP contribution >= 0.6 is 11.6 Å². The number of ether oxygens (including phenoxy) is 2. The lowest BCUT2D eigenvalue weighted by Gasteiger charge is -2.32. The van der Waals surface area contributed by atoms with Crippen molar-refractivity contribution in [3.63, 3.8) is 0 Å². The molecular weight excluding hydrogens is 330 g/mol. The van der Waals surface area contributed by atoms with E-state index in [1.165, 1.54) is 0 Å². The molecule has 0 saturated heterocycles. The van der Waals surface area contributed by atoms with Crippen LogP contribution in [0.3, 0.4) is 0 Å². The molecule has 0 aromatic carbocycles. The van der Waals surface area contributed by atoms with Crippen LogP contribution in [0.1, 0.15) is 25.7 Å². The van der Waals surface area contributed by atoms with Crippen LogP contribution in [0.15, 0.2) is 18.6 Å². The molecule has 2 aromatic heterocycles. The SMILES string of the molecule is COCOC1CCCCC1Nc1nc(Cl)ncc1-c1cnn(C)c1. The standard InChI is InChI=1S/C16H22ClN5O2/c1-22-9-11(7-19-22)12-8-18-16(17)21-15(12)20-13-5-3-4-6-14(13)24-10-23-2/h7-9,13-14H,3-6,10H2,1-2H3,(H,18,20,21). The van der Waals surface area contributed by atoms with E-state index >= 15 is 0 Å². The predicted octanol–water partition coefficient (Wildman–Crippen LogP) is 2.87. The van der Waals surface area contributed by atoms with Gasteiger partial charge in [0.15, 0.2) is 0 Å². The number of halogens is 1. The fourth-order valence-electron chi connectivity index (χ4n) is 3.03. The van der Waals surface area contributed by atoms with Gasteiger partial charge in [-0.2, -0.15) is 5.10 Å². The van der Waals surface area contributed by atoms with Crippen molar-refractivity contribution in [3.8, 4) is 11.1 Å². The van der Waals surface area contributed by atoms with Crippen LogP contribution in [0.5, 0.6) is 0 Å². The Morgan fingerprint density at radius 1 is 1.33 bits per heavy atom. The number of rotatable bonds is 6. The summed E-state index contributed by atoms with van der Waals surface area (Å²) < 4.78 is 12.6. The molecule has 2 atom stereocenters. The maximum Gasteiger partial charge on any atom is 0.224 e. The lowest BCUT2D eigenvalue weighted by atomic mass is 9.92. The Morgan fingerprint density at radius 3 is 2.92 bits per heavy atom. The second-order valence-electron chi connectivity index (χ2n) is 5.95. The van der Waals surface area contributed by atoms with Gasteiger partial charge in [0.25, 0.3) is 0 Å². The maximum atomic E-state index is 6.01. The minimum absolute atomic E-state index is 0.0918. The van der Waals surface area contributed by atoms with Gasteiger partial charge in [-0.1, -0.05) is 12.8 Å². The third kappa shape index (κ3) is 4.03. The molecule has 130 valence electrons. The Kier molecular flexibility index (Phi) is 5.65. The minimum atomic E-state index is 0.0918. The fourth-order valence-corrected chi connectivity index (χ4v) is 3.17. The highest BCUT2D eigenvalue weighted by molar-refractivity contribution is 6.28. The van der Waals surface area contributed by atoms with E-state index in [0.29, 0.717) is 12.6 Å². The van der Waals surface area contributed by atoms with Crippen molar-refractivity contribution in [2.24, 2.45) is 7.05 Å². The van der Waals surface area contributed by atoms with Gasteiger partial charge in [0, 0.05) is 37.7 Å². The monoisotopic (exact) mass is 351 g/mol. The smallest absolute Gasteiger partial charge is 0.224 e. The number of methoxy groups -OCH3 is 1. The van der Waals surface area contributed by atoms with Crippen molar-refractivity contribution >= 4 is 17.4 Å². The molecule has 1 aliphatic carbocycles. The van der Waals surface area contributed by atoms with Crippen molar-refractivity contribution in [1.29, 1.82) is 0 Å². The van der Waals surface area contributed by atoms with Crippen LogP contribution in [0.2, 0.25) is 5.28 Å². The molecule has 1 N–H and O–H groups in total. The number of hydrogen-bond acceptors (Lipinski definition) is 6. The predicted molar refractivity (Wildman–Crippen MR) is 91.9 cm³/mol. The zero-order valence-electron chi connectivity index (χ0n) is 13.9. The van der Waals surface area contributed by atoms with Gasteiger partial charge in [-0.15, -0.1) is 0 Å². The summed E-state index contributed by atoms with van der Waals surface area (Å²) in [5, 5.41) is 7.94. The number of nitrogens with zero attached hydrogens (tertiary/aromatic N) is 4. The fraction of sp³-hybridized carbons (Fsp3) is 0.562. The Morgan fingerprint density at radius 2 is 2.17 bits per heavy atom. The van der Waals surface area contributed by atoms with Crippen LogP contribution in [-0.4, -0.2) is 45.8 Å². The normalized spacial score (nSPS) is 21.0. The van der Waals surface area contributed by atoms with Crippen molar-refractivity contribution < 1.29 is 9.47 Å². The average molecular weight is 352 g/mol. The lowest BCUT2D eigenvalue weighted by Crippen LogP contribution is -2.39. The lowest BCUT2D eigenvalue weighted by molar-refractivity contribution is -0.0857. The maximum absolute atomic E-state index is 6.01. The number of aromatic nitrogens is 4. The van der Waals surface area contributed by atoms with Crippen LogP contribution in [-0.2, 0) is 16.5 Å². The average Bonchev–Trinajstić information content (AvgIpc) is 3.00. The molecule has 8 heteroatoms. The van der Waals surface area contributed by atoms with E-state index in [1.807, 2.05) is 13.2 Å². The molecule has 24 heavy (non-hydrogen) atoms. The first kappa shape index (κ1) is 17.1. The molecule has 0 spiro atoms. The molecule has 2 heterocycles. The summed E-state index contributed by atoms with van der Waals surface area (Å²) in [6.45, 7) is 0.294. The minimum Gasteiger partial charge on any atom is -0.364 e. The Bertz CT molecular complexity index is 678. The second kappa shape index (κ2) is 7.92. The number of nitrogens with one attached hydrogen (secondary N) is 1. The molecule has 0 radical (unpaired) electrons. The Balaban J connectivity index is 1.83. The molecular formula is C16H22ClN5O2. The van der Waals surface area contributed by atoms with Crippen LogP contribution < -0.4 is 5.32 Å². The van der Waals surface area contributed by atoms with Crippen molar-refractivity contribution in [1.82, 2.24) is 19.7 Å². The van der Waals surface area contributed by atoms with E-state index < -0.39 is 0 Å². The van der Waals surface area contributed by atoms with Crippen LogP contribution in [0.25, 0.3) is 11.1 Å². The van der Waals surface area contributed by atoms with E-state index in [2.05, 4.69) is 20.4 Å². The number of aryl methyl sites for hydroxylation is 1. The van der Waals surface area contributed by atoms with Crippen LogP contribution in [0, 0.1) is 0 Å². The molecule has 2 aromatic rings. The molecule has 2 unspecified atom stereocenters. The highest BCUT2D eigenvalue weighted by Crippen LogP contribution is 2.30. The van der Waals surface area contributed by atoms with Crippen molar-refractivity contribution in [2.75, 3.05) is 19.2 Å². The summed E-state index contributed by atoms with van der Waals surface area (Å²) in [7, 11) is 3.51. The topological polar surface area (TPSA) is 74.1 Å². The molecule has 0 amide bonds. The summed E-state index contributed by atoms with van der Waals surface area (Å²) in [6.07, 6.45) is 9.87. The summed E-state index contributed by atoms with van der Waals surface area (Å²) in [5.74, 6) is 0.709. The van der Waals surface area contributed by atoms with E-state index in [0.717, 1.165) is 36.8 Å². The van der Waals surface area contributed by atoms with Gasteiger partial charge in [0.2, 0.25) is 5.28 Å². The summed E-state index contributed by atoms with van der Waals surface area (Å²) >= 11 is 6.01. The highest BCUT2D eigenvalue weighted by atomic mass is 35.5. The van der Waals surface area contributed by atoms with E-state index in [4.69, 9.17) is 21.1 Å². The van der Waals surface area contributed by atoms with E-state index in [-0.39, 0.29) is 17.4 Å². The number of anilines is 1. The van der Waals surface area contributed by atoms with Crippen molar-refractivity contribution in [3.05, 3.63) is 23.9 Å². The largest absolute Gasteiger partial charge is 0.364 e. The zero-order chi connectivity index (χ0) is 16.9. The molecule has 1 fully saturated rings. The third-order valence-corrected chi connectivity index (χ3v) is 4.38. The third-order valence-electron chi connectivity index (χ3n) is 4.20. The molecule has 3 rings (SSSR count). The molecule has 0 aliphatic heterocycles. The molecule has 0 bridgehead atoms. The molecule has 7 nitrogen and oxygen atoms in total. The van der Waals surface area contributed by atoms with Gasteiger partial charge in [-0.05, 0) is 24.4 Å². The van der Waals surface area contributed by atoms with Gasteiger partial charge >= 0.3 is 0 Å². The first-order valence-corrected chi connectivity index (χ1v) is 8.44. The van der Waals surface area contributed by atoms with Crippen molar-refractivity contribution in [2.45, 2.75) is 37.8 Å². The summed E-state index contributed by atoms with van der Waals surface area (Å²) in [5.41, 5.74) is 1.82. The molecule has 1 aliphatic rings. The van der Waals surface area contributed by atoms with Gasteiger partial charge in [0.05, 0.1) is 18.3 Å². The van der Waals surface area contributed by atoms with E-state index in [9.17, 15) is 0 Å². The Labute approximate surface area is 146 Å². The van der Waals surface area contributed by atoms with Gasteiger partial charge in [-0.25, -0.2) is 9.97 Å². The number of hydrogen-bond donors (Lipinski definition) is 1. The second-order valence-corrected chi connectivity index (χ2v) is 6.29. The van der Waals surface area contributed by atoms with E-state index in [1.54, 1.807) is 24.2 Å². The van der Waals surface area contributed by atoms with Crippen LogP contribution in [0.4, 0.5) is 5.82 Å². The summed E-state index contributed by atoms with van der Waals surface area (Å²) in [6, 6.07) is 0.162. The summed E-state index contributed by atoms with van der Waals surface area (Å²) in [4.78, 5) is 8.50. The van der Waals surface area contributed by atoms with Gasteiger partial charge in [0.1, 0.15) is 12.6 Å². The first-order chi connectivity index (χ1) is 11.7. The highest BCUT2D eigenvalue weighted by Gasteiger charge is 2.27. The molecule has 1 saturated carbocycles. The Hall–Kier alpha value is -1.70. The zero-order valence-corrected chi connectivity index (χ0v) is 14.7. The van der Waals surface area contributed by atoms with Gasteiger partial charge in [-0.3, -0.25) is 4.68 Å². The quantitative estimate of drug-likeness (QED) is 0.637.